The molecule has 1 heterocycles. The molecule has 0 bridgehead atoms. The van der Waals surface area contributed by atoms with Gasteiger partial charge in [-0.25, -0.2) is 5.43 Å². The molecule has 1 amide bonds. The molecule has 148 valence electrons. The van der Waals surface area contributed by atoms with Crippen LogP contribution in [-0.2, 0) is 6.54 Å². The lowest BCUT2D eigenvalue weighted by atomic mass is 10.2. The maximum atomic E-state index is 12.7. The summed E-state index contributed by atoms with van der Waals surface area (Å²) in [4.78, 5) is 25.0. The van der Waals surface area contributed by atoms with Gasteiger partial charge in [0.15, 0.2) is 0 Å². The molecule has 6 nitrogen and oxygen atoms in total. The van der Waals surface area contributed by atoms with Crippen LogP contribution in [-0.4, -0.2) is 23.3 Å². The first-order chi connectivity index (χ1) is 14.1. The van der Waals surface area contributed by atoms with Crippen molar-refractivity contribution in [2.24, 2.45) is 5.10 Å². The van der Waals surface area contributed by atoms with Crippen molar-refractivity contribution in [2.45, 2.75) is 13.5 Å². The minimum Gasteiger partial charge on any atom is -0.494 e. The van der Waals surface area contributed by atoms with Gasteiger partial charge in [-0.1, -0.05) is 29.8 Å². The van der Waals surface area contributed by atoms with Crippen molar-refractivity contribution in [3.63, 3.8) is 0 Å². The summed E-state index contributed by atoms with van der Waals surface area (Å²) in [6.07, 6.45) is 3.12. The van der Waals surface area contributed by atoms with Crippen molar-refractivity contribution in [3.05, 3.63) is 98.9 Å². The summed E-state index contributed by atoms with van der Waals surface area (Å²) >= 11 is 6.16. The summed E-state index contributed by atoms with van der Waals surface area (Å²) < 4.78 is 6.81. The largest absolute Gasteiger partial charge is 0.494 e. The second-order valence-corrected chi connectivity index (χ2v) is 6.55. The van der Waals surface area contributed by atoms with Gasteiger partial charge in [-0.15, -0.1) is 0 Å². The number of carbonyl (C=O) groups is 1. The lowest BCUT2D eigenvalue weighted by Gasteiger charge is -2.09. The summed E-state index contributed by atoms with van der Waals surface area (Å²) in [6, 6.07) is 17.6. The Kier molecular flexibility index (Phi) is 6.81. The van der Waals surface area contributed by atoms with Crippen molar-refractivity contribution in [1.82, 2.24) is 9.99 Å². The summed E-state index contributed by atoms with van der Waals surface area (Å²) in [5.74, 6) is 0.183. The maximum Gasteiger partial charge on any atom is 0.276 e. The van der Waals surface area contributed by atoms with Gasteiger partial charge in [-0.3, -0.25) is 9.59 Å². The van der Waals surface area contributed by atoms with Gasteiger partial charge in [-0.05, 0) is 60.5 Å². The van der Waals surface area contributed by atoms with E-state index >= 15 is 0 Å². The molecular weight excluding hydrogens is 390 g/mol. The number of nitrogens with zero attached hydrogens (tertiary/aromatic N) is 2. The zero-order valence-corrected chi connectivity index (χ0v) is 16.6. The molecule has 0 saturated heterocycles. The summed E-state index contributed by atoms with van der Waals surface area (Å²) in [7, 11) is 0. The fourth-order valence-corrected chi connectivity index (χ4v) is 2.88. The van der Waals surface area contributed by atoms with Crippen LogP contribution in [0.3, 0.4) is 0 Å². The number of hydrogen-bond donors (Lipinski definition) is 1. The summed E-state index contributed by atoms with van der Waals surface area (Å²) in [6.45, 7) is 2.78. The molecule has 1 aromatic heterocycles. The summed E-state index contributed by atoms with van der Waals surface area (Å²) in [5, 5.41) is 4.49. The molecule has 3 rings (SSSR count). The van der Waals surface area contributed by atoms with E-state index < -0.39 is 11.5 Å². The van der Waals surface area contributed by atoms with E-state index in [4.69, 9.17) is 16.3 Å². The van der Waals surface area contributed by atoms with Gasteiger partial charge in [-0.2, -0.15) is 5.10 Å². The van der Waals surface area contributed by atoms with Gasteiger partial charge in [0.05, 0.1) is 19.4 Å². The van der Waals surface area contributed by atoms with Crippen molar-refractivity contribution < 1.29 is 9.53 Å². The highest BCUT2D eigenvalue weighted by Gasteiger charge is 2.12. The lowest BCUT2D eigenvalue weighted by Crippen LogP contribution is -2.30. The van der Waals surface area contributed by atoms with Gasteiger partial charge in [0, 0.05) is 11.2 Å². The molecule has 2 aromatic carbocycles. The monoisotopic (exact) mass is 409 g/mol. The number of benzene rings is 2. The van der Waals surface area contributed by atoms with Crippen LogP contribution in [0.4, 0.5) is 0 Å². The van der Waals surface area contributed by atoms with E-state index in [2.05, 4.69) is 10.5 Å². The molecule has 0 spiro atoms. The third-order valence-corrected chi connectivity index (χ3v) is 4.50. The van der Waals surface area contributed by atoms with Crippen molar-refractivity contribution in [1.29, 1.82) is 0 Å². The number of carbonyl (C=O) groups excluding carboxylic acids is 1. The number of hydrazone groups is 1. The van der Waals surface area contributed by atoms with Gasteiger partial charge < -0.3 is 9.30 Å². The average Bonchev–Trinajstić information content (AvgIpc) is 2.72. The number of aromatic nitrogens is 1. The quantitative estimate of drug-likeness (QED) is 0.477. The van der Waals surface area contributed by atoms with Crippen molar-refractivity contribution in [2.75, 3.05) is 6.61 Å². The maximum absolute atomic E-state index is 12.7. The molecule has 0 unspecified atom stereocenters. The molecular formula is C22H20ClN3O3. The van der Waals surface area contributed by atoms with Gasteiger partial charge >= 0.3 is 0 Å². The predicted molar refractivity (Wildman–Crippen MR) is 114 cm³/mol. The van der Waals surface area contributed by atoms with E-state index in [1.807, 2.05) is 49.4 Å². The molecule has 7 heteroatoms. The van der Waals surface area contributed by atoms with E-state index in [-0.39, 0.29) is 12.1 Å². The fraction of sp³-hybridized carbons (Fsp3) is 0.136. The van der Waals surface area contributed by atoms with E-state index in [0.29, 0.717) is 11.6 Å². The molecule has 0 fully saturated rings. The Labute approximate surface area is 173 Å². The van der Waals surface area contributed by atoms with Gasteiger partial charge in [0.2, 0.25) is 0 Å². The Morgan fingerprint density at radius 2 is 1.90 bits per heavy atom. The average molecular weight is 410 g/mol. The highest BCUT2D eigenvalue weighted by Crippen LogP contribution is 2.15. The molecule has 0 aliphatic heterocycles. The standard InChI is InChI=1S/C22H20ClN3O3/c1-2-29-18-11-9-16(10-12-18)14-24-25-21(27)19-7-5-13-26(22(19)28)15-17-6-3-4-8-20(17)23/h3-14H,2,15H2,1H3,(H,25,27)/b24-14-. The van der Waals surface area contributed by atoms with Gasteiger partial charge in [0.25, 0.3) is 11.5 Å². The third-order valence-electron chi connectivity index (χ3n) is 4.13. The minimum absolute atomic E-state index is 0.00315. The molecule has 29 heavy (non-hydrogen) atoms. The van der Waals surface area contributed by atoms with Crippen LogP contribution in [0.2, 0.25) is 5.02 Å². The van der Waals surface area contributed by atoms with E-state index in [0.717, 1.165) is 16.9 Å². The second-order valence-electron chi connectivity index (χ2n) is 6.15. The highest BCUT2D eigenvalue weighted by molar-refractivity contribution is 6.31. The number of nitrogens with one attached hydrogen (secondary N) is 1. The Bertz CT molecular complexity index is 1080. The first-order valence-electron chi connectivity index (χ1n) is 9.07. The number of rotatable bonds is 7. The topological polar surface area (TPSA) is 72.7 Å². The van der Waals surface area contributed by atoms with Crippen LogP contribution in [0.15, 0.2) is 76.8 Å². The minimum atomic E-state index is -0.578. The van der Waals surface area contributed by atoms with Crippen molar-refractivity contribution >= 4 is 23.7 Å². The number of ether oxygens (including phenoxy) is 1. The molecule has 0 aliphatic carbocycles. The van der Waals surface area contributed by atoms with Crippen LogP contribution in [0.1, 0.15) is 28.4 Å². The Morgan fingerprint density at radius 3 is 2.62 bits per heavy atom. The molecule has 0 atom stereocenters. The molecule has 0 radical (unpaired) electrons. The van der Waals surface area contributed by atoms with E-state index in [9.17, 15) is 9.59 Å². The number of halogens is 1. The Balaban J connectivity index is 1.69. The highest BCUT2D eigenvalue weighted by atomic mass is 35.5. The van der Waals surface area contributed by atoms with Crippen LogP contribution in [0.25, 0.3) is 0 Å². The zero-order chi connectivity index (χ0) is 20.6. The second kappa shape index (κ2) is 9.71. The fourth-order valence-electron chi connectivity index (χ4n) is 2.69. The zero-order valence-electron chi connectivity index (χ0n) is 15.8. The molecule has 0 saturated carbocycles. The number of pyridine rings is 1. The molecule has 1 N–H and O–H groups in total. The van der Waals surface area contributed by atoms with Gasteiger partial charge in [0.1, 0.15) is 11.3 Å². The van der Waals surface area contributed by atoms with Crippen LogP contribution in [0.5, 0.6) is 5.75 Å². The van der Waals surface area contributed by atoms with Crippen LogP contribution >= 0.6 is 11.6 Å². The number of amides is 1. The molecule has 3 aromatic rings. The summed E-state index contributed by atoms with van der Waals surface area (Å²) in [5.41, 5.74) is 3.56. The van der Waals surface area contributed by atoms with Crippen molar-refractivity contribution in [3.8, 4) is 5.75 Å². The van der Waals surface area contributed by atoms with E-state index in [1.165, 1.54) is 16.8 Å². The SMILES string of the molecule is CCOc1ccc(/C=N\NC(=O)c2cccn(Cc3ccccc3Cl)c2=O)cc1. The third kappa shape index (κ3) is 5.33. The predicted octanol–water partition coefficient (Wildman–Crippen LogP) is 3.71. The van der Waals surface area contributed by atoms with Crippen LogP contribution in [0, 0.1) is 0 Å². The molecule has 0 aliphatic rings. The Hall–Kier alpha value is -3.38. The normalized spacial score (nSPS) is 10.8. The lowest BCUT2D eigenvalue weighted by molar-refractivity contribution is 0.0953. The number of hydrogen-bond acceptors (Lipinski definition) is 4. The van der Waals surface area contributed by atoms with E-state index in [1.54, 1.807) is 18.3 Å². The Morgan fingerprint density at radius 1 is 1.14 bits per heavy atom. The first-order valence-corrected chi connectivity index (χ1v) is 9.45. The first kappa shape index (κ1) is 20.4. The smallest absolute Gasteiger partial charge is 0.276 e. The van der Waals surface area contributed by atoms with Crippen LogP contribution < -0.4 is 15.7 Å².